The first-order valence-corrected chi connectivity index (χ1v) is 8.44. The van der Waals surface area contributed by atoms with Crippen molar-refractivity contribution in [3.05, 3.63) is 89.7 Å². The second kappa shape index (κ2) is 10.5. The number of halogens is 1. The highest BCUT2D eigenvalue weighted by Gasteiger charge is 1.99. The maximum atomic E-state index is 5.94. The summed E-state index contributed by atoms with van der Waals surface area (Å²) in [6, 6.07) is 21.6. The van der Waals surface area contributed by atoms with Crippen molar-refractivity contribution < 1.29 is 4.74 Å². The largest absolute Gasteiger partial charge is 0.487 e. The molecule has 0 aliphatic heterocycles. The molecule has 3 rings (SSSR count). The van der Waals surface area contributed by atoms with Crippen LogP contribution in [0.5, 0.6) is 5.75 Å². The van der Waals surface area contributed by atoms with E-state index in [2.05, 4.69) is 15.3 Å². The van der Waals surface area contributed by atoms with Crippen LogP contribution in [-0.4, -0.2) is 10.9 Å². The molecule has 2 aromatic carbocycles. The molecule has 0 unspecified atom stereocenters. The monoisotopic (exact) mass is 474 g/mol. The third kappa shape index (κ3) is 6.90. The Morgan fingerprint density at radius 1 is 1.04 bits per heavy atom. The van der Waals surface area contributed by atoms with Gasteiger partial charge in [0, 0.05) is 11.9 Å². The number of anilines is 1. The van der Waals surface area contributed by atoms with Gasteiger partial charge in [-0.05, 0) is 48.9 Å². The number of aryl methyl sites for hydroxylation is 1. The number of aliphatic imine (C=N–C) groups is 1. The third-order valence-corrected chi connectivity index (χ3v) is 3.79. The third-order valence-electron chi connectivity index (χ3n) is 3.79. The van der Waals surface area contributed by atoms with E-state index in [9.17, 15) is 0 Å². The van der Waals surface area contributed by atoms with Crippen LogP contribution >= 0.6 is 24.0 Å². The van der Waals surface area contributed by atoms with Crippen molar-refractivity contribution in [1.82, 2.24) is 4.98 Å². The summed E-state index contributed by atoms with van der Waals surface area (Å²) in [5, 5.41) is 3.09. The molecule has 0 spiro atoms. The number of hydrogen-bond acceptors (Lipinski definition) is 3. The Labute approximate surface area is 176 Å². The fourth-order valence-electron chi connectivity index (χ4n) is 2.33. The number of pyridine rings is 1. The van der Waals surface area contributed by atoms with E-state index in [0.29, 0.717) is 19.1 Å². The lowest BCUT2D eigenvalue weighted by atomic mass is 10.2. The molecule has 0 fully saturated rings. The van der Waals surface area contributed by atoms with E-state index in [1.165, 1.54) is 5.56 Å². The van der Waals surface area contributed by atoms with E-state index >= 15 is 0 Å². The van der Waals surface area contributed by atoms with Crippen LogP contribution in [0.1, 0.15) is 16.8 Å². The maximum Gasteiger partial charge on any atom is 0.193 e. The molecule has 6 heteroatoms. The highest BCUT2D eigenvalue weighted by atomic mass is 127. The standard InChI is InChI=1S/C21H22N4O.HI/c1-16-5-9-18(10-6-16)25-21(22)24-14-17-7-11-20(12-8-17)26-15-19-4-2-3-13-23-19;/h2-13H,14-15H2,1H3,(H3,22,24,25);1H. The van der Waals surface area contributed by atoms with Gasteiger partial charge in [-0.25, -0.2) is 4.99 Å². The summed E-state index contributed by atoms with van der Waals surface area (Å²) in [4.78, 5) is 8.60. The number of aromatic nitrogens is 1. The minimum atomic E-state index is 0. The normalized spacial score (nSPS) is 10.8. The molecule has 0 amide bonds. The summed E-state index contributed by atoms with van der Waals surface area (Å²) in [5.74, 6) is 1.19. The van der Waals surface area contributed by atoms with Gasteiger partial charge < -0.3 is 15.8 Å². The summed E-state index contributed by atoms with van der Waals surface area (Å²) in [5.41, 5.74) is 10.0. The fourth-order valence-corrected chi connectivity index (χ4v) is 2.33. The quantitative estimate of drug-likeness (QED) is 0.313. The number of nitrogens with zero attached hydrogens (tertiary/aromatic N) is 2. The number of guanidine groups is 1. The van der Waals surface area contributed by atoms with E-state index in [-0.39, 0.29) is 24.0 Å². The Bertz CT molecular complexity index is 850. The predicted molar refractivity (Wildman–Crippen MR) is 121 cm³/mol. The molecule has 0 saturated carbocycles. The van der Waals surface area contributed by atoms with Gasteiger partial charge in [0.05, 0.1) is 12.2 Å². The smallest absolute Gasteiger partial charge is 0.193 e. The summed E-state index contributed by atoms with van der Waals surface area (Å²) in [7, 11) is 0. The van der Waals surface area contributed by atoms with Gasteiger partial charge >= 0.3 is 0 Å². The summed E-state index contributed by atoms with van der Waals surface area (Å²) in [6.45, 7) is 3.00. The molecule has 3 aromatic rings. The van der Waals surface area contributed by atoms with Crippen molar-refractivity contribution in [3.63, 3.8) is 0 Å². The van der Waals surface area contributed by atoms with Gasteiger partial charge in [0.1, 0.15) is 12.4 Å². The molecule has 0 atom stereocenters. The van der Waals surface area contributed by atoms with Crippen molar-refractivity contribution in [2.45, 2.75) is 20.1 Å². The number of rotatable bonds is 6. The van der Waals surface area contributed by atoms with Crippen LogP contribution in [0.15, 0.2) is 77.9 Å². The van der Waals surface area contributed by atoms with Gasteiger partial charge in [-0.2, -0.15) is 0 Å². The number of benzene rings is 2. The number of nitrogens with one attached hydrogen (secondary N) is 1. The Balaban J connectivity index is 0.00000261. The minimum absolute atomic E-state index is 0. The van der Waals surface area contributed by atoms with E-state index in [1.807, 2.05) is 73.7 Å². The van der Waals surface area contributed by atoms with Gasteiger partial charge in [-0.3, -0.25) is 4.98 Å². The first-order chi connectivity index (χ1) is 12.7. The average Bonchev–Trinajstić information content (AvgIpc) is 2.68. The molecular weight excluding hydrogens is 451 g/mol. The SMILES string of the molecule is Cc1ccc(NC(N)=NCc2ccc(OCc3ccccn3)cc2)cc1.I. The lowest BCUT2D eigenvalue weighted by Crippen LogP contribution is -2.22. The molecule has 0 aliphatic carbocycles. The summed E-state index contributed by atoms with van der Waals surface area (Å²) < 4.78 is 5.73. The minimum Gasteiger partial charge on any atom is -0.487 e. The Morgan fingerprint density at radius 2 is 1.78 bits per heavy atom. The first kappa shape index (κ1) is 20.7. The van der Waals surface area contributed by atoms with E-state index in [4.69, 9.17) is 10.5 Å². The van der Waals surface area contributed by atoms with Crippen LogP contribution in [0.25, 0.3) is 0 Å². The molecule has 1 heterocycles. The molecule has 27 heavy (non-hydrogen) atoms. The average molecular weight is 474 g/mol. The molecule has 0 saturated heterocycles. The van der Waals surface area contributed by atoms with Crippen LogP contribution in [0.3, 0.4) is 0 Å². The fraction of sp³-hybridized carbons (Fsp3) is 0.143. The molecule has 0 radical (unpaired) electrons. The first-order valence-electron chi connectivity index (χ1n) is 8.44. The van der Waals surface area contributed by atoms with Gasteiger partial charge in [-0.15, -0.1) is 24.0 Å². The van der Waals surface area contributed by atoms with E-state index < -0.39 is 0 Å². The molecule has 0 aliphatic rings. The van der Waals surface area contributed by atoms with Crippen LogP contribution in [0.2, 0.25) is 0 Å². The van der Waals surface area contributed by atoms with E-state index in [0.717, 1.165) is 22.7 Å². The molecule has 3 N–H and O–H groups in total. The lowest BCUT2D eigenvalue weighted by Gasteiger charge is -2.07. The molecule has 140 valence electrons. The summed E-state index contributed by atoms with van der Waals surface area (Å²) >= 11 is 0. The number of nitrogens with two attached hydrogens (primary N) is 1. The molecule has 0 bridgehead atoms. The van der Waals surface area contributed by atoms with Crippen molar-refractivity contribution in [2.75, 3.05) is 5.32 Å². The highest BCUT2D eigenvalue weighted by molar-refractivity contribution is 14.0. The Morgan fingerprint density at radius 3 is 2.44 bits per heavy atom. The number of hydrogen-bond donors (Lipinski definition) is 2. The Hall–Kier alpha value is -2.61. The molecule has 1 aromatic heterocycles. The maximum absolute atomic E-state index is 5.94. The van der Waals surface area contributed by atoms with Gasteiger partial charge in [0.25, 0.3) is 0 Å². The second-order valence-electron chi connectivity index (χ2n) is 5.95. The topological polar surface area (TPSA) is 72.5 Å². The van der Waals surface area contributed by atoms with Gasteiger partial charge in [0.2, 0.25) is 0 Å². The van der Waals surface area contributed by atoms with Gasteiger partial charge in [0.15, 0.2) is 5.96 Å². The van der Waals surface area contributed by atoms with Crippen LogP contribution in [-0.2, 0) is 13.2 Å². The van der Waals surface area contributed by atoms with Crippen LogP contribution in [0.4, 0.5) is 5.69 Å². The van der Waals surface area contributed by atoms with Crippen molar-refractivity contribution in [2.24, 2.45) is 10.7 Å². The van der Waals surface area contributed by atoms with Crippen molar-refractivity contribution in [1.29, 1.82) is 0 Å². The van der Waals surface area contributed by atoms with Crippen molar-refractivity contribution >= 4 is 35.6 Å². The zero-order chi connectivity index (χ0) is 18.2. The summed E-state index contributed by atoms with van der Waals surface area (Å²) in [6.07, 6.45) is 1.76. The van der Waals surface area contributed by atoms with Crippen molar-refractivity contribution in [3.8, 4) is 5.75 Å². The Kier molecular flexibility index (Phi) is 8.06. The van der Waals surface area contributed by atoms with Gasteiger partial charge in [-0.1, -0.05) is 35.9 Å². The highest BCUT2D eigenvalue weighted by Crippen LogP contribution is 2.14. The van der Waals surface area contributed by atoms with Crippen LogP contribution in [0, 0.1) is 6.92 Å². The zero-order valence-corrected chi connectivity index (χ0v) is 17.5. The second-order valence-corrected chi connectivity index (χ2v) is 5.95. The molecular formula is C21H23IN4O. The van der Waals surface area contributed by atoms with Crippen LogP contribution < -0.4 is 15.8 Å². The zero-order valence-electron chi connectivity index (χ0n) is 15.1. The van der Waals surface area contributed by atoms with E-state index in [1.54, 1.807) is 6.20 Å². The predicted octanol–water partition coefficient (Wildman–Crippen LogP) is 4.51. The lowest BCUT2D eigenvalue weighted by molar-refractivity contribution is 0.301. The molecule has 5 nitrogen and oxygen atoms in total. The number of ether oxygens (including phenoxy) is 1.